The number of benzene rings is 1. The topological polar surface area (TPSA) is 79.0 Å². The van der Waals surface area contributed by atoms with E-state index in [4.69, 9.17) is 4.74 Å². The van der Waals surface area contributed by atoms with E-state index in [1.165, 1.54) is 0 Å². The van der Waals surface area contributed by atoms with Crippen LogP contribution in [-0.4, -0.2) is 41.9 Å². The quantitative estimate of drug-likeness (QED) is 0.793. The van der Waals surface area contributed by atoms with Gasteiger partial charge in [-0.3, -0.25) is 9.89 Å². The molecule has 0 radical (unpaired) electrons. The lowest BCUT2D eigenvalue weighted by Gasteiger charge is -2.22. The Balaban J connectivity index is 1.65. The molecule has 1 unspecified atom stereocenters. The number of nitrogens with one attached hydrogen (secondary N) is 3. The van der Waals surface area contributed by atoms with Gasteiger partial charge in [0, 0.05) is 18.7 Å². The minimum Gasteiger partial charge on any atom is -0.375 e. The SMILES string of the molecule is O=C(CC1CNCCO1)Nc1[nH]ncc1-c1ccccc1. The van der Waals surface area contributed by atoms with Gasteiger partial charge in [-0.2, -0.15) is 5.10 Å². The fourth-order valence-electron chi connectivity index (χ4n) is 2.37. The van der Waals surface area contributed by atoms with Gasteiger partial charge >= 0.3 is 0 Å². The number of amides is 1. The van der Waals surface area contributed by atoms with Gasteiger partial charge in [0.05, 0.1) is 25.3 Å². The van der Waals surface area contributed by atoms with Crippen molar-refractivity contribution < 1.29 is 9.53 Å². The summed E-state index contributed by atoms with van der Waals surface area (Å²) in [5.74, 6) is 0.542. The van der Waals surface area contributed by atoms with Crippen LogP contribution in [0.4, 0.5) is 5.82 Å². The molecule has 0 aliphatic carbocycles. The Labute approximate surface area is 122 Å². The first-order valence-corrected chi connectivity index (χ1v) is 7.04. The molecule has 0 spiro atoms. The lowest BCUT2D eigenvalue weighted by Crippen LogP contribution is -2.40. The van der Waals surface area contributed by atoms with Gasteiger partial charge in [-0.1, -0.05) is 30.3 Å². The van der Waals surface area contributed by atoms with Crippen LogP contribution in [0, 0.1) is 0 Å². The summed E-state index contributed by atoms with van der Waals surface area (Å²) in [6.07, 6.45) is 1.98. The fourth-order valence-corrected chi connectivity index (χ4v) is 2.37. The van der Waals surface area contributed by atoms with Gasteiger partial charge in [-0.15, -0.1) is 0 Å². The van der Waals surface area contributed by atoms with E-state index in [0.29, 0.717) is 25.4 Å². The summed E-state index contributed by atoms with van der Waals surface area (Å²) in [6.45, 7) is 2.20. The van der Waals surface area contributed by atoms with E-state index in [0.717, 1.165) is 17.7 Å². The fraction of sp³-hybridized carbons (Fsp3) is 0.333. The van der Waals surface area contributed by atoms with Gasteiger partial charge in [0.2, 0.25) is 5.91 Å². The molecule has 1 aromatic carbocycles. The molecular weight excluding hydrogens is 268 g/mol. The standard InChI is InChI=1S/C15H18N4O2/c20-14(8-12-9-16-6-7-21-12)18-15-13(10-17-19-15)11-4-2-1-3-5-11/h1-5,10,12,16H,6-9H2,(H2,17,18,19,20). The zero-order chi connectivity index (χ0) is 14.5. The number of morpholine rings is 1. The third kappa shape index (κ3) is 3.48. The molecular formula is C15H18N4O2. The molecule has 3 N–H and O–H groups in total. The van der Waals surface area contributed by atoms with Gasteiger partial charge in [-0.05, 0) is 5.56 Å². The maximum atomic E-state index is 12.1. The number of hydrogen-bond acceptors (Lipinski definition) is 4. The second-order valence-electron chi connectivity index (χ2n) is 4.97. The minimum atomic E-state index is -0.0786. The van der Waals surface area contributed by atoms with E-state index < -0.39 is 0 Å². The summed E-state index contributed by atoms with van der Waals surface area (Å²) >= 11 is 0. The van der Waals surface area contributed by atoms with Gasteiger partial charge in [0.15, 0.2) is 0 Å². The highest BCUT2D eigenvalue weighted by Gasteiger charge is 2.18. The molecule has 1 saturated heterocycles. The number of carbonyl (C=O) groups is 1. The van der Waals surface area contributed by atoms with Gasteiger partial charge in [-0.25, -0.2) is 0 Å². The van der Waals surface area contributed by atoms with Crippen LogP contribution >= 0.6 is 0 Å². The monoisotopic (exact) mass is 286 g/mol. The predicted molar refractivity (Wildman–Crippen MR) is 79.9 cm³/mol. The molecule has 0 bridgehead atoms. The van der Waals surface area contributed by atoms with Crippen molar-refractivity contribution in [2.75, 3.05) is 25.0 Å². The van der Waals surface area contributed by atoms with E-state index in [2.05, 4.69) is 20.8 Å². The molecule has 1 atom stereocenters. The average Bonchev–Trinajstić information content (AvgIpc) is 2.97. The lowest BCUT2D eigenvalue weighted by molar-refractivity contribution is -0.119. The van der Waals surface area contributed by atoms with Crippen LogP contribution in [0.1, 0.15) is 6.42 Å². The summed E-state index contributed by atoms with van der Waals surface area (Å²) in [4.78, 5) is 12.1. The molecule has 1 amide bonds. The number of ether oxygens (including phenoxy) is 1. The van der Waals surface area contributed by atoms with Crippen molar-refractivity contribution in [3.63, 3.8) is 0 Å². The molecule has 1 aromatic heterocycles. The Morgan fingerprint density at radius 2 is 2.24 bits per heavy atom. The normalized spacial score (nSPS) is 18.4. The highest BCUT2D eigenvalue weighted by molar-refractivity contribution is 5.94. The summed E-state index contributed by atoms with van der Waals surface area (Å²) in [7, 11) is 0. The van der Waals surface area contributed by atoms with Crippen LogP contribution in [0.5, 0.6) is 0 Å². The molecule has 0 saturated carbocycles. The molecule has 1 aliphatic heterocycles. The highest BCUT2D eigenvalue weighted by atomic mass is 16.5. The lowest BCUT2D eigenvalue weighted by atomic mass is 10.1. The Morgan fingerprint density at radius 1 is 1.38 bits per heavy atom. The average molecular weight is 286 g/mol. The van der Waals surface area contributed by atoms with Crippen molar-refractivity contribution >= 4 is 11.7 Å². The second kappa shape index (κ2) is 6.51. The van der Waals surface area contributed by atoms with Crippen LogP contribution < -0.4 is 10.6 Å². The summed E-state index contributed by atoms with van der Waals surface area (Å²) < 4.78 is 5.53. The zero-order valence-corrected chi connectivity index (χ0v) is 11.6. The zero-order valence-electron chi connectivity index (χ0n) is 11.6. The Kier molecular flexibility index (Phi) is 4.28. The van der Waals surface area contributed by atoms with E-state index >= 15 is 0 Å². The van der Waals surface area contributed by atoms with Crippen molar-refractivity contribution in [1.82, 2.24) is 15.5 Å². The first-order chi connectivity index (χ1) is 10.3. The highest BCUT2D eigenvalue weighted by Crippen LogP contribution is 2.25. The Hall–Kier alpha value is -2.18. The summed E-state index contributed by atoms with van der Waals surface area (Å²) in [5, 5.41) is 12.9. The maximum Gasteiger partial charge on any atom is 0.228 e. The molecule has 1 aliphatic rings. The number of hydrogen-bond donors (Lipinski definition) is 3. The van der Waals surface area contributed by atoms with Crippen LogP contribution in [-0.2, 0) is 9.53 Å². The Bertz CT molecular complexity index is 591. The smallest absolute Gasteiger partial charge is 0.228 e. The van der Waals surface area contributed by atoms with Gasteiger partial charge in [0.25, 0.3) is 0 Å². The predicted octanol–water partition coefficient (Wildman–Crippen LogP) is 1.39. The molecule has 1 fully saturated rings. The van der Waals surface area contributed by atoms with Gasteiger partial charge < -0.3 is 15.4 Å². The molecule has 21 heavy (non-hydrogen) atoms. The third-order valence-corrected chi connectivity index (χ3v) is 3.41. The molecule has 6 heteroatoms. The van der Waals surface area contributed by atoms with Crippen LogP contribution in [0.25, 0.3) is 11.1 Å². The van der Waals surface area contributed by atoms with Crippen molar-refractivity contribution in [3.8, 4) is 11.1 Å². The second-order valence-corrected chi connectivity index (χ2v) is 4.97. The number of carbonyl (C=O) groups excluding carboxylic acids is 1. The van der Waals surface area contributed by atoms with Crippen LogP contribution in [0.3, 0.4) is 0 Å². The van der Waals surface area contributed by atoms with Crippen LogP contribution in [0.2, 0.25) is 0 Å². The number of anilines is 1. The van der Waals surface area contributed by atoms with E-state index in [1.807, 2.05) is 30.3 Å². The van der Waals surface area contributed by atoms with Crippen molar-refractivity contribution in [3.05, 3.63) is 36.5 Å². The third-order valence-electron chi connectivity index (χ3n) is 3.41. The number of H-pyrrole nitrogens is 1. The first-order valence-electron chi connectivity index (χ1n) is 7.04. The number of aromatic nitrogens is 2. The van der Waals surface area contributed by atoms with Crippen molar-refractivity contribution in [2.24, 2.45) is 0 Å². The molecule has 2 heterocycles. The Morgan fingerprint density at radius 3 is 3.00 bits per heavy atom. The number of rotatable bonds is 4. The molecule has 2 aromatic rings. The van der Waals surface area contributed by atoms with Crippen LogP contribution in [0.15, 0.2) is 36.5 Å². The van der Waals surface area contributed by atoms with E-state index in [1.54, 1.807) is 6.20 Å². The molecule has 110 valence electrons. The number of aromatic amines is 1. The first kappa shape index (κ1) is 13.8. The van der Waals surface area contributed by atoms with E-state index in [-0.39, 0.29) is 12.0 Å². The summed E-state index contributed by atoms with van der Waals surface area (Å²) in [6, 6.07) is 9.82. The van der Waals surface area contributed by atoms with Crippen molar-refractivity contribution in [2.45, 2.75) is 12.5 Å². The largest absolute Gasteiger partial charge is 0.375 e. The van der Waals surface area contributed by atoms with Crippen molar-refractivity contribution in [1.29, 1.82) is 0 Å². The minimum absolute atomic E-state index is 0.0677. The van der Waals surface area contributed by atoms with Gasteiger partial charge in [0.1, 0.15) is 5.82 Å². The van der Waals surface area contributed by atoms with E-state index in [9.17, 15) is 4.79 Å². The molecule has 6 nitrogen and oxygen atoms in total. The summed E-state index contributed by atoms with van der Waals surface area (Å²) in [5.41, 5.74) is 1.89. The number of nitrogens with zero attached hydrogens (tertiary/aromatic N) is 1. The molecule has 3 rings (SSSR count). The maximum absolute atomic E-state index is 12.1.